The van der Waals surface area contributed by atoms with Gasteiger partial charge in [0.15, 0.2) is 5.69 Å². The number of primary amides is 1. The Morgan fingerprint density at radius 3 is 2.50 bits per heavy atom. The van der Waals surface area contributed by atoms with E-state index >= 15 is 0 Å². The van der Waals surface area contributed by atoms with E-state index in [1.807, 2.05) is 0 Å². The Hall–Kier alpha value is -4.72. The molecule has 2 aromatic carbocycles. The van der Waals surface area contributed by atoms with E-state index in [0.717, 1.165) is 22.9 Å². The molecule has 0 fully saturated rings. The fourth-order valence-electron chi connectivity index (χ4n) is 5.41. The van der Waals surface area contributed by atoms with Gasteiger partial charge in [-0.3, -0.25) is 19.3 Å². The zero-order valence-electron chi connectivity index (χ0n) is 22.8. The molecule has 1 aliphatic rings. The van der Waals surface area contributed by atoms with Crippen LogP contribution in [0.1, 0.15) is 51.0 Å². The van der Waals surface area contributed by atoms with Crippen LogP contribution in [0, 0.1) is 17.5 Å². The van der Waals surface area contributed by atoms with Gasteiger partial charge in [-0.1, -0.05) is 12.1 Å². The lowest BCUT2D eigenvalue weighted by molar-refractivity contribution is -0.142. The number of benzene rings is 2. The fourth-order valence-corrected chi connectivity index (χ4v) is 5.41. The molecule has 2 atom stereocenters. The van der Waals surface area contributed by atoms with Gasteiger partial charge in [0, 0.05) is 35.5 Å². The average molecular weight is 618 g/mol. The van der Waals surface area contributed by atoms with Gasteiger partial charge in [-0.05, 0) is 60.7 Å². The van der Waals surface area contributed by atoms with Gasteiger partial charge in [-0.2, -0.15) is 18.3 Å². The lowest BCUT2D eigenvalue weighted by Gasteiger charge is -2.23. The summed E-state index contributed by atoms with van der Waals surface area (Å²) in [4.78, 5) is 29.5. The van der Waals surface area contributed by atoms with Gasteiger partial charge >= 0.3 is 6.18 Å². The number of alkyl halides is 3. The van der Waals surface area contributed by atoms with E-state index in [0.29, 0.717) is 17.2 Å². The van der Waals surface area contributed by atoms with Crippen molar-refractivity contribution in [1.29, 1.82) is 0 Å². The number of fused-ring (bicyclic) bond motifs is 1. The van der Waals surface area contributed by atoms with Crippen molar-refractivity contribution in [1.82, 2.24) is 20.1 Å². The molecule has 2 aromatic heterocycles. The number of amides is 2. The summed E-state index contributed by atoms with van der Waals surface area (Å²) >= 11 is 0. The molecule has 0 bridgehead atoms. The van der Waals surface area contributed by atoms with E-state index in [4.69, 9.17) is 5.73 Å². The summed E-state index contributed by atoms with van der Waals surface area (Å²) in [5, 5.41) is 16.3. The maximum Gasteiger partial charge on any atom is 0.435 e. The minimum absolute atomic E-state index is 0.0655. The largest absolute Gasteiger partial charge is 0.435 e. The highest BCUT2D eigenvalue weighted by Gasteiger charge is 2.41. The highest BCUT2D eigenvalue weighted by atomic mass is 19.4. The number of hydrogen-bond donors (Lipinski definition) is 3. The Bertz CT molecular complexity index is 1720. The normalized spacial score (nSPS) is 15.5. The first kappa shape index (κ1) is 30.7. The van der Waals surface area contributed by atoms with E-state index < -0.39 is 65.4 Å². The van der Waals surface area contributed by atoms with Crippen molar-refractivity contribution in [3.63, 3.8) is 0 Å². The standard InChI is InChI=1S/C30H25F6N5O3/c31-17-8-15(9-18(32)12-17)10-24(27-20(2-1-7-38-27)16-3-5-23(33)21(11-16)29(37)44)39-26(43)14-41-25-6-4-19(42)13-22(25)28(40-41)30(34,35)36/h1-3,5,7-9,11-12,19,24,42H,4,6,10,13-14H2,(H2,37,44)(H,39,43)/t19-,24+/m1/s1. The van der Waals surface area contributed by atoms with Crippen LogP contribution in [0.4, 0.5) is 26.3 Å². The van der Waals surface area contributed by atoms with Crippen molar-refractivity contribution >= 4 is 11.8 Å². The molecule has 14 heteroatoms. The number of aliphatic hydroxyl groups excluding tert-OH is 1. The molecule has 4 aromatic rings. The van der Waals surface area contributed by atoms with Crippen LogP contribution in [-0.2, 0) is 36.8 Å². The summed E-state index contributed by atoms with van der Waals surface area (Å²) in [6.07, 6.45) is -4.62. The Kier molecular flexibility index (Phi) is 8.46. The summed E-state index contributed by atoms with van der Waals surface area (Å²) in [5.41, 5.74) is 4.62. The van der Waals surface area contributed by atoms with Crippen molar-refractivity contribution in [3.8, 4) is 11.1 Å². The Morgan fingerprint density at radius 1 is 1.09 bits per heavy atom. The third kappa shape index (κ3) is 6.59. The number of aromatic nitrogens is 3. The van der Waals surface area contributed by atoms with E-state index in [1.165, 1.54) is 24.4 Å². The van der Waals surface area contributed by atoms with Crippen molar-refractivity contribution in [2.75, 3.05) is 0 Å². The number of carbonyl (C=O) groups excluding carboxylic acids is 2. The SMILES string of the molecule is NC(=O)c1cc(-c2cccnc2[C@H](Cc2cc(F)cc(F)c2)NC(=O)Cn2nc(C(F)(F)F)c3c2CC[C@@H](O)C3)ccc1F. The van der Waals surface area contributed by atoms with E-state index in [9.17, 15) is 41.0 Å². The number of nitrogens with two attached hydrogens (primary N) is 1. The van der Waals surface area contributed by atoms with Gasteiger partial charge < -0.3 is 16.2 Å². The molecule has 0 saturated heterocycles. The predicted molar refractivity (Wildman–Crippen MR) is 144 cm³/mol. The van der Waals surface area contributed by atoms with Gasteiger partial charge in [-0.25, -0.2) is 13.2 Å². The molecule has 0 aliphatic heterocycles. The third-order valence-electron chi connectivity index (χ3n) is 7.29. The number of carbonyl (C=O) groups is 2. The molecule has 0 radical (unpaired) electrons. The van der Waals surface area contributed by atoms with E-state index in [-0.39, 0.29) is 48.2 Å². The second kappa shape index (κ2) is 12.1. The summed E-state index contributed by atoms with van der Waals surface area (Å²) in [6.45, 7) is -0.632. The Morgan fingerprint density at radius 2 is 1.82 bits per heavy atom. The van der Waals surface area contributed by atoms with Crippen LogP contribution in [0.2, 0.25) is 0 Å². The van der Waals surface area contributed by atoms with Crippen molar-refractivity contribution in [2.24, 2.45) is 5.73 Å². The maximum absolute atomic E-state index is 14.2. The quantitative estimate of drug-likeness (QED) is 0.253. The topological polar surface area (TPSA) is 123 Å². The molecule has 5 rings (SSSR count). The molecule has 0 unspecified atom stereocenters. The molecule has 4 N–H and O–H groups in total. The third-order valence-corrected chi connectivity index (χ3v) is 7.29. The van der Waals surface area contributed by atoms with Crippen LogP contribution >= 0.6 is 0 Å². The molecular formula is C30H25F6N5O3. The molecule has 44 heavy (non-hydrogen) atoms. The van der Waals surface area contributed by atoms with Crippen LogP contribution in [0.5, 0.6) is 0 Å². The van der Waals surface area contributed by atoms with E-state index in [2.05, 4.69) is 15.4 Å². The number of rotatable bonds is 8. The average Bonchev–Trinajstić information content (AvgIpc) is 3.30. The van der Waals surface area contributed by atoms with Gasteiger partial charge in [0.25, 0.3) is 5.91 Å². The maximum atomic E-state index is 14.2. The fraction of sp³-hybridized carbons (Fsp3) is 0.267. The monoisotopic (exact) mass is 617 g/mol. The summed E-state index contributed by atoms with van der Waals surface area (Å²) in [5.74, 6) is -4.42. The smallest absolute Gasteiger partial charge is 0.393 e. The van der Waals surface area contributed by atoms with Crippen LogP contribution in [0.25, 0.3) is 11.1 Å². The zero-order chi connectivity index (χ0) is 31.8. The van der Waals surface area contributed by atoms with Gasteiger partial charge in [0.05, 0.1) is 23.4 Å². The minimum Gasteiger partial charge on any atom is -0.393 e. The first-order chi connectivity index (χ1) is 20.8. The Balaban J connectivity index is 1.52. The molecular weight excluding hydrogens is 592 g/mol. The van der Waals surface area contributed by atoms with Crippen LogP contribution < -0.4 is 11.1 Å². The van der Waals surface area contributed by atoms with Crippen LogP contribution in [0.15, 0.2) is 54.7 Å². The summed E-state index contributed by atoms with van der Waals surface area (Å²) < 4.78 is 84.5. The number of nitrogens with one attached hydrogen (secondary N) is 1. The molecule has 2 amide bonds. The molecule has 1 aliphatic carbocycles. The van der Waals surface area contributed by atoms with Gasteiger partial charge in [0.1, 0.15) is 24.0 Å². The lowest BCUT2D eigenvalue weighted by atomic mass is 9.93. The number of halogens is 6. The van der Waals surface area contributed by atoms with Crippen LogP contribution in [0.3, 0.4) is 0 Å². The lowest BCUT2D eigenvalue weighted by Crippen LogP contribution is -2.34. The number of aliphatic hydroxyl groups is 1. The van der Waals surface area contributed by atoms with Gasteiger partial charge in [0.2, 0.25) is 5.91 Å². The van der Waals surface area contributed by atoms with Crippen LogP contribution in [-0.4, -0.2) is 37.8 Å². The Labute approximate surface area is 246 Å². The van der Waals surface area contributed by atoms with Crippen molar-refractivity contribution in [2.45, 2.75) is 50.6 Å². The molecule has 2 heterocycles. The molecule has 8 nitrogen and oxygen atoms in total. The predicted octanol–water partition coefficient (Wildman–Crippen LogP) is 4.43. The first-order valence-electron chi connectivity index (χ1n) is 13.4. The number of pyridine rings is 1. The van der Waals surface area contributed by atoms with Gasteiger partial charge in [-0.15, -0.1) is 0 Å². The molecule has 230 valence electrons. The van der Waals surface area contributed by atoms with Crippen molar-refractivity contribution in [3.05, 3.63) is 106 Å². The molecule has 0 saturated carbocycles. The summed E-state index contributed by atoms with van der Waals surface area (Å²) in [6, 6.07) is 8.36. The number of nitrogens with zero attached hydrogens (tertiary/aromatic N) is 3. The number of hydrogen-bond acceptors (Lipinski definition) is 5. The first-order valence-corrected chi connectivity index (χ1v) is 13.4. The second-order valence-corrected chi connectivity index (χ2v) is 10.4. The highest BCUT2D eigenvalue weighted by Crippen LogP contribution is 2.36. The highest BCUT2D eigenvalue weighted by molar-refractivity contribution is 5.94. The molecule has 0 spiro atoms. The second-order valence-electron chi connectivity index (χ2n) is 10.4. The minimum atomic E-state index is -4.81. The van der Waals surface area contributed by atoms with Crippen molar-refractivity contribution < 1.29 is 41.0 Å². The van der Waals surface area contributed by atoms with E-state index in [1.54, 1.807) is 6.07 Å². The summed E-state index contributed by atoms with van der Waals surface area (Å²) in [7, 11) is 0. The zero-order valence-corrected chi connectivity index (χ0v) is 22.8.